The minimum Gasteiger partial charge on any atom is -0.445 e. The van der Waals surface area contributed by atoms with Crippen LogP contribution in [0.3, 0.4) is 0 Å². The van der Waals surface area contributed by atoms with E-state index in [1.807, 2.05) is 30.3 Å². The summed E-state index contributed by atoms with van der Waals surface area (Å²) in [6, 6.07) is 14.2. The van der Waals surface area contributed by atoms with E-state index in [2.05, 4.69) is 4.74 Å². The summed E-state index contributed by atoms with van der Waals surface area (Å²) in [6.07, 6.45) is -0.917. The lowest BCUT2D eigenvalue weighted by molar-refractivity contribution is 0.149. The smallest absolute Gasteiger partial charge is 0.404 e. The molecule has 0 aliphatic heterocycles. The zero-order valence-electron chi connectivity index (χ0n) is 9.60. The summed E-state index contributed by atoms with van der Waals surface area (Å²) in [4.78, 5) is 10.5. The molecule has 0 saturated carbocycles. The maximum Gasteiger partial charge on any atom is 0.404 e. The monoisotopic (exact) mass is 245 g/mol. The van der Waals surface area contributed by atoms with E-state index in [0.717, 1.165) is 11.1 Å². The Balaban J connectivity index is 2.29. The van der Waals surface area contributed by atoms with Gasteiger partial charge in [-0.25, -0.2) is 9.18 Å². The van der Waals surface area contributed by atoms with Gasteiger partial charge in [-0.05, 0) is 23.3 Å². The highest BCUT2D eigenvalue weighted by molar-refractivity contribution is 5.65. The summed E-state index contributed by atoms with van der Waals surface area (Å²) in [5, 5.41) is 0. The van der Waals surface area contributed by atoms with Crippen LogP contribution in [0.4, 0.5) is 9.18 Å². The van der Waals surface area contributed by atoms with E-state index < -0.39 is 11.9 Å². The summed E-state index contributed by atoms with van der Waals surface area (Å²) in [6.45, 7) is -0.165. The number of carbonyl (C=O) groups excluding carboxylic acids is 1. The molecule has 0 aliphatic rings. The quantitative estimate of drug-likeness (QED) is 0.903. The van der Waals surface area contributed by atoms with E-state index in [0.29, 0.717) is 5.56 Å². The Kier molecular flexibility index (Phi) is 3.57. The van der Waals surface area contributed by atoms with Crippen molar-refractivity contribution >= 4 is 6.09 Å². The van der Waals surface area contributed by atoms with Gasteiger partial charge < -0.3 is 10.5 Å². The minimum atomic E-state index is -0.917. The number of carbonyl (C=O) groups is 1. The second-order valence-electron chi connectivity index (χ2n) is 3.78. The largest absolute Gasteiger partial charge is 0.445 e. The van der Waals surface area contributed by atoms with Crippen LogP contribution in [0.25, 0.3) is 11.1 Å². The molecule has 2 rings (SSSR count). The van der Waals surface area contributed by atoms with Gasteiger partial charge in [-0.2, -0.15) is 0 Å². The van der Waals surface area contributed by atoms with Gasteiger partial charge in [0, 0.05) is 5.56 Å². The van der Waals surface area contributed by atoms with Crippen molar-refractivity contribution in [3.63, 3.8) is 0 Å². The average molecular weight is 245 g/mol. The second kappa shape index (κ2) is 5.31. The molecule has 0 aromatic heterocycles. The van der Waals surface area contributed by atoms with Gasteiger partial charge in [-0.15, -0.1) is 0 Å². The minimum absolute atomic E-state index is 0.165. The molecule has 1 amide bonds. The number of primary amides is 1. The van der Waals surface area contributed by atoms with Crippen LogP contribution in [0.15, 0.2) is 48.5 Å². The maximum absolute atomic E-state index is 13.5. The summed E-state index contributed by atoms with van der Waals surface area (Å²) >= 11 is 0. The molecular weight excluding hydrogens is 233 g/mol. The average Bonchev–Trinajstić information content (AvgIpc) is 2.38. The first kappa shape index (κ1) is 12.1. The van der Waals surface area contributed by atoms with Crippen LogP contribution in [0.5, 0.6) is 0 Å². The Hall–Kier alpha value is -2.36. The topological polar surface area (TPSA) is 52.3 Å². The molecule has 92 valence electrons. The second-order valence-corrected chi connectivity index (χ2v) is 3.78. The molecule has 0 fully saturated rings. The fraction of sp³-hybridized carbons (Fsp3) is 0.0714. The van der Waals surface area contributed by atoms with Crippen molar-refractivity contribution in [3.8, 4) is 11.1 Å². The lowest BCUT2D eigenvalue weighted by Crippen LogP contribution is -2.13. The molecule has 0 unspecified atom stereocenters. The number of amides is 1. The standard InChI is InChI=1S/C14H12FNO2/c15-13-7-6-11(10-4-2-1-3-5-10)8-12(13)9-18-14(16)17/h1-8H,9H2,(H2,16,17). The first-order valence-electron chi connectivity index (χ1n) is 5.43. The highest BCUT2D eigenvalue weighted by atomic mass is 19.1. The number of hydrogen-bond donors (Lipinski definition) is 1. The molecule has 0 saturated heterocycles. The van der Waals surface area contributed by atoms with Crippen LogP contribution in [0, 0.1) is 5.82 Å². The van der Waals surface area contributed by atoms with Gasteiger partial charge in [-0.1, -0.05) is 36.4 Å². The van der Waals surface area contributed by atoms with E-state index in [9.17, 15) is 9.18 Å². The van der Waals surface area contributed by atoms with Crippen LogP contribution in [0.1, 0.15) is 5.56 Å². The van der Waals surface area contributed by atoms with Gasteiger partial charge in [0.05, 0.1) is 0 Å². The van der Waals surface area contributed by atoms with E-state index in [1.54, 1.807) is 12.1 Å². The molecule has 0 spiro atoms. The number of hydrogen-bond acceptors (Lipinski definition) is 2. The third-order valence-corrected chi connectivity index (χ3v) is 2.52. The number of halogens is 1. The molecule has 0 bridgehead atoms. The molecule has 0 radical (unpaired) electrons. The summed E-state index contributed by atoms with van der Waals surface area (Å²) in [7, 11) is 0. The molecule has 2 N–H and O–H groups in total. The third-order valence-electron chi connectivity index (χ3n) is 2.52. The number of benzene rings is 2. The van der Waals surface area contributed by atoms with Gasteiger partial charge in [0.2, 0.25) is 0 Å². The maximum atomic E-state index is 13.5. The first-order valence-corrected chi connectivity index (χ1v) is 5.43. The molecule has 0 aliphatic carbocycles. The highest BCUT2D eigenvalue weighted by Gasteiger charge is 2.06. The summed E-state index contributed by atoms with van der Waals surface area (Å²) in [5.41, 5.74) is 6.99. The lowest BCUT2D eigenvalue weighted by Gasteiger charge is -2.07. The molecule has 2 aromatic carbocycles. The van der Waals surface area contributed by atoms with Gasteiger partial charge in [0.15, 0.2) is 0 Å². The fourth-order valence-corrected chi connectivity index (χ4v) is 1.64. The van der Waals surface area contributed by atoms with E-state index in [-0.39, 0.29) is 6.61 Å². The summed E-state index contributed by atoms with van der Waals surface area (Å²) < 4.78 is 18.1. The van der Waals surface area contributed by atoms with Crippen molar-refractivity contribution in [3.05, 3.63) is 59.9 Å². The third kappa shape index (κ3) is 2.85. The predicted molar refractivity (Wildman–Crippen MR) is 66.2 cm³/mol. The Morgan fingerprint density at radius 2 is 1.83 bits per heavy atom. The normalized spacial score (nSPS) is 10.1. The van der Waals surface area contributed by atoms with Gasteiger partial charge >= 0.3 is 6.09 Å². The lowest BCUT2D eigenvalue weighted by atomic mass is 10.0. The number of nitrogens with two attached hydrogens (primary N) is 1. The molecular formula is C14H12FNO2. The van der Waals surface area contributed by atoms with Gasteiger partial charge in [0.25, 0.3) is 0 Å². The molecule has 0 heterocycles. The Labute approximate surface area is 104 Å². The van der Waals surface area contributed by atoms with E-state index in [1.165, 1.54) is 6.07 Å². The van der Waals surface area contributed by atoms with E-state index >= 15 is 0 Å². The van der Waals surface area contributed by atoms with Gasteiger partial charge in [-0.3, -0.25) is 0 Å². The summed E-state index contributed by atoms with van der Waals surface area (Å²) in [5.74, 6) is -0.420. The van der Waals surface area contributed by atoms with Crippen molar-refractivity contribution in [1.29, 1.82) is 0 Å². The van der Waals surface area contributed by atoms with Crippen LogP contribution >= 0.6 is 0 Å². The zero-order valence-corrected chi connectivity index (χ0v) is 9.60. The van der Waals surface area contributed by atoms with Crippen molar-refractivity contribution in [2.45, 2.75) is 6.61 Å². The molecule has 3 nitrogen and oxygen atoms in total. The van der Waals surface area contributed by atoms with Crippen molar-refractivity contribution in [1.82, 2.24) is 0 Å². The zero-order chi connectivity index (χ0) is 13.0. The number of ether oxygens (including phenoxy) is 1. The first-order chi connectivity index (χ1) is 8.66. The molecule has 2 aromatic rings. The Morgan fingerprint density at radius 1 is 1.11 bits per heavy atom. The van der Waals surface area contributed by atoms with Gasteiger partial charge in [0.1, 0.15) is 12.4 Å². The Morgan fingerprint density at radius 3 is 2.50 bits per heavy atom. The molecule has 0 atom stereocenters. The molecule has 18 heavy (non-hydrogen) atoms. The molecule has 4 heteroatoms. The highest BCUT2D eigenvalue weighted by Crippen LogP contribution is 2.22. The predicted octanol–water partition coefficient (Wildman–Crippen LogP) is 3.09. The fourth-order valence-electron chi connectivity index (χ4n) is 1.64. The van der Waals surface area contributed by atoms with Crippen molar-refractivity contribution < 1.29 is 13.9 Å². The van der Waals surface area contributed by atoms with E-state index in [4.69, 9.17) is 5.73 Å². The van der Waals surface area contributed by atoms with Crippen LogP contribution in [0.2, 0.25) is 0 Å². The Bertz CT molecular complexity index is 555. The number of rotatable bonds is 3. The van der Waals surface area contributed by atoms with Crippen LogP contribution in [-0.2, 0) is 11.3 Å². The SMILES string of the molecule is NC(=O)OCc1cc(-c2ccccc2)ccc1F. The van der Waals surface area contributed by atoms with Crippen molar-refractivity contribution in [2.75, 3.05) is 0 Å². The van der Waals surface area contributed by atoms with Crippen LogP contribution < -0.4 is 5.73 Å². The van der Waals surface area contributed by atoms with Crippen molar-refractivity contribution in [2.24, 2.45) is 5.73 Å². The van der Waals surface area contributed by atoms with Crippen LogP contribution in [-0.4, -0.2) is 6.09 Å².